The number of nitrogens with zero attached hydrogens (tertiary/aromatic N) is 3. The molecule has 0 amide bonds. The Kier molecular flexibility index (Phi) is 10.2. The van der Waals surface area contributed by atoms with Gasteiger partial charge >= 0.3 is 23.5 Å². The van der Waals surface area contributed by atoms with Crippen molar-refractivity contribution in [2.75, 3.05) is 18.5 Å². The standard InChI is InChI=1S/C20H28N5O14P3/c26-15-13(10-36-41(32,33)39-42(34,35)38-40(29,30)31)37-19(16(15)27)25-11-22-14-17(25)23-20(24-18(14)28)21-9-5-4-8-12-6-2-1-3-7-12/h1-3,6-7,11,13,15-16,19,26-27H,4-5,8-10H2,(H,32,33)(H,34,35)(H2,29,30,31)(H2,21,23,24,28)/t13-,15-,16-,19-/m1/s1. The number of aliphatic hydroxyl groups excluding tert-OH is 2. The molecule has 2 aromatic heterocycles. The number of aryl methyl sites for hydroxylation is 1. The van der Waals surface area contributed by atoms with Crippen molar-refractivity contribution in [2.45, 2.75) is 43.8 Å². The molecular formula is C20H28N5O14P3. The lowest BCUT2D eigenvalue weighted by atomic mass is 10.1. The number of benzene rings is 1. The predicted octanol–water partition coefficient (Wildman–Crippen LogP) is 0.517. The summed E-state index contributed by atoms with van der Waals surface area (Å²) < 4.78 is 52.6. The van der Waals surface area contributed by atoms with Gasteiger partial charge in [-0.2, -0.15) is 13.6 Å². The quantitative estimate of drug-likeness (QED) is 0.0867. The van der Waals surface area contributed by atoms with Crippen molar-refractivity contribution < 1.29 is 61.4 Å². The van der Waals surface area contributed by atoms with Gasteiger partial charge in [-0.25, -0.2) is 18.7 Å². The van der Waals surface area contributed by atoms with Crippen LogP contribution in [0, 0.1) is 0 Å². The Morgan fingerprint density at radius 1 is 1.00 bits per heavy atom. The summed E-state index contributed by atoms with van der Waals surface area (Å²) in [6, 6.07) is 9.92. The zero-order valence-corrected chi connectivity index (χ0v) is 24.1. The van der Waals surface area contributed by atoms with Gasteiger partial charge in [0, 0.05) is 6.54 Å². The summed E-state index contributed by atoms with van der Waals surface area (Å²) >= 11 is 0. The number of ether oxygens (including phenoxy) is 1. The molecule has 4 rings (SSSR count). The lowest BCUT2D eigenvalue weighted by molar-refractivity contribution is -0.0503. The first-order valence-corrected chi connectivity index (χ1v) is 16.7. The van der Waals surface area contributed by atoms with Crippen molar-refractivity contribution in [3.05, 3.63) is 52.6 Å². The molecule has 1 aromatic carbocycles. The Morgan fingerprint density at radius 3 is 2.40 bits per heavy atom. The number of aliphatic hydroxyl groups is 2. The van der Waals surface area contributed by atoms with Crippen LogP contribution in [0.5, 0.6) is 0 Å². The Morgan fingerprint density at radius 2 is 1.71 bits per heavy atom. The van der Waals surface area contributed by atoms with Gasteiger partial charge in [-0.3, -0.25) is 18.9 Å². The van der Waals surface area contributed by atoms with E-state index in [1.807, 2.05) is 30.3 Å². The monoisotopic (exact) mass is 655 g/mol. The molecule has 6 atom stereocenters. The van der Waals surface area contributed by atoms with Crippen LogP contribution >= 0.6 is 23.5 Å². The van der Waals surface area contributed by atoms with E-state index < -0.39 is 60.2 Å². The highest BCUT2D eigenvalue weighted by molar-refractivity contribution is 7.66. The first-order valence-electron chi connectivity index (χ1n) is 12.2. The maximum absolute atomic E-state index is 12.6. The lowest BCUT2D eigenvalue weighted by Gasteiger charge is -2.19. The highest BCUT2D eigenvalue weighted by atomic mass is 31.3. The topological polar surface area (TPSA) is 285 Å². The minimum Gasteiger partial charge on any atom is -0.387 e. The van der Waals surface area contributed by atoms with E-state index in [2.05, 4.69) is 33.4 Å². The van der Waals surface area contributed by atoms with Crippen LogP contribution in [-0.4, -0.2) is 80.8 Å². The molecule has 0 saturated carbocycles. The van der Waals surface area contributed by atoms with Crippen LogP contribution in [0.3, 0.4) is 0 Å². The first kappa shape index (κ1) is 32.6. The maximum atomic E-state index is 12.6. The maximum Gasteiger partial charge on any atom is 0.490 e. The molecule has 2 unspecified atom stereocenters. The molecule has 3 heterocycles. The van der Waals surface area contributed by atoms with Crippen LogP contribution in [0.2, 0.25) is 0 Å². The molecular weight excluding hydrogens is 627 g/mol. The number of nitrogens with one attached hydrogen (secondary N) is 2. The van der Waals surface area contributed by atoms with Crippen molar-refractivity contribution >= 4 is 40.6 Å². The Bertz CT molecular complexity index is 1580. The van der Waals surface area contributed by atoms with Crippen LogP contribution in [0.25, 0.3) is 11.2 Å². The number of aromatic amines is 1. The molecule has 8 N–H and O–H groups in total. The second kappa shape index (κ2) is 13.1. The molecule has 0 spiro atoms. The van der Waals surface area contributed by atoms with Gasteiger partial charge in [0.1, 0.15) is 18.3 Å². The molecule has 232 valence electrons. The molecule has 42 heavy (non-hydrogen) atoms. The number of hydrogen-bond acceptors (Lipinski definition) is 13. The number of H-pyrrole nitrogens is 1. The van der Waals surface area contributed by atoms with E-state index in [-0.39, 0.29) is 17.1 Å². The van der Waals surface area contributed by atoms with Gasteiger partial charge in [-0.15, -0.1) is 0 Å². The van der Waals surface area contributed by atoms with Crippen molar-refractivity contribution in [3.63, 3.8) is 0 Å². The number of aromatic nitrogens is 4. The van der Waals surface area contributed by atoms with E-state index in [1.165, 1.54) is 5.56 Å². The molecule has 0 radical (unpaired) electrons. The smallest absolute Gasteiger partial charge is 0.387 e. The van der Waals surface area contributed by atoms with Crippen LogP contribution in [0.15, 0.2) is 41.5 Å². The van der Waals surface area contributed by atoms with Gasteiger partial charge in [0.2, 0.25) is 5.95 Å². The predicted molar refractivity (Wildman–Crippen MR) is 142 cm³/mol. The third-order valence-corrected chi connectivity index (χ3v) is 9.69. The molecule has 1 saturated heterocycles. The van der Waals surface area contributed by atoms with E-state index >= 15 is 0 Å². The molecule has 19 nitrogen and oxygen atoms in total. The van der Waals surface area contributed by atoms with Crippen molar-refractivity contribution in [2.24, 2.45) is 0 Å². The van der Waals surface area contributed by atoms with E-state index in [9.17, 15) is 38.5 Å². The number of fused-ring (bicyclic) bond motifs is 1. The summed E-state index contributed by atoms with van der Waals surface area (Å²) in [5.41, 5.74) is 0.483. The molecule has 1 aliphatic rings. The Balaban J connectivity index is 1.39. The lowest BCUT2D eigenvalue weighted by Crippen LogP contribution is -2.33. The molecule has 3 aromatic rings. The van der Waals surface area contributed by atoms with Gasteiger partial charge in [0.05, 0.1) is 12.9 Å². The number of anilines is 1. The van der Waals surface area contributed by atoms with Crippen LogP contribution in [0.4, 0.5) is 5.95 Å². The third kappa shape index (κ3) is 8.61. The fraction of sp³-hybridized carbons (Fsp3) is 0.450. The normalized spacial score (nSPS) is 24.0. The summed E-state index contributed by atoms with van der Waals surface area (Å²) in [6.45, 7) is -0.520. The van der Waals surface area contributed by atoms with Gasteiger partial charge in [0.25, 0.3) is 5.56 Å². The second-order valence-corrected chi connectivity index (χ2v) is 13.5. The minimum atomic E-state index is -5.75. The fourth-order valence-electron chi connectivity index (χ4n) is 4.07. The van der Waals surface area contributed by atoms with Crippen LogP contribution in [0.1, 0.15) is 24.6 Å². The van der Waals surface area contributed by atoms with E-state index in [4.69, 9.17) is 14.5 Å². The largest absolute Gasteiger partial charge is 0.490 e. The number of phosphoric acid groups is 3. The third-order valence-electron chi connectivity index (χ3n) is 5.89. The SMILES string of the molecule is O=c1[nH]c(NCCCCc2ccccc2)nc2c1ncn2[C@@H]1O[C@H](COP(=O)(O)OP(=O)(O)OP(=O)(O)O)[C@@H](O)[C@H]1O. The van der Waals surface area contributed by atoms with Gasteiger partial charge in [-0.05, 0) is 24.8 Å². The van der Waals surface area contributed by atoms with Crippen molar-refractivity contribution in [1.29, 1.82) is 0 Å². The number of phosphoric ester groups is 1. The zero-order valence-electron chi connectivity index (χ0n) is 21.4. The summed E-state index contributed by atoms with van der Waals surface area (Å²) in [6.07, 6.45) is -2.73. The average molecular weight is 655 g/mol. The Labute approximate surface area is 236 Å². The zero-order chi connectivity index (χ0) is 30.7. The number of hydrogen-bond donors (Lipinski definition) is 8. The summed E-state index contributed by atoms with van der Waals surface area (Å²) in [5.74, 6) is 0.117. The fourth-order valence-corrected chi connectivity index (χ4v) is 7.10. The highest BCUT2D eigenvalue weighted by Gasteiger charge is 2.47. The molecule has 0 bridgehead atoms. The highest BCUT2D eigenvalue weighted by Crippen LogP contribution is 2.66. The first-order chi connectivity index (χ1) is 19.6. The van der Waals surface area contributed by atoms with Crippen LogP contribution < -0.4 is 10.9 Å². The van der Waals surface area contributed by atoms with Gasteiger partial charge < -0.3 is 39.8 Å². The summed E-state index contributed by atoms with van der Waals surface area (Å²) in [5, 5.41) is 24.0. The number of rotatable bonds is 14. The average Bonchev–Trinajstić information content (AvgIpc) is 3.42. The van der Waals surface area contributed by atoms with Crippen LogP contribution in [-0.2, 0) is 38.0 Å². The molecule has 1 fully saturated rings. The van der Waals surface area contributed by atoms with Crippen molar-refractivity contribution in [1.82, 2.24) is 19.5 Å². The Hall–Kier alpha value is -2.34. The summed E-state index contributed by atoms with van der Waals surface area (Å²) in [4.78, 5) is 59.5. The summed E-state index contributed by atoms with van der Waals surface area (Å²) in [7, 11) is -16.8. The van der Waals surface area contributed by atoms with E-state index in [0.717, 1.165) is 30.2 Å². The number of unbranched alkanes of at least 4 members (excludes halogenated alkanes) is 1. The van der Waals surface area contributed by atoms with E-state index in [1.54, 1.807) is 0 Å². The van der Waals surface area contributed by atoms with Gasteiger partial charge in [-0.1, -0.05) is 30.3 Å². The van der Waals surface area contributed by atoms with Gasteiger partial charge in [0.15, 0.2) is 17.4 Å². The minimum absolute atomic E-state index is 0.0182. The number of imidazole rings is 1. The second-order valence-electron chi connectivity index (χ2n) is 9.04. The van der Waals surface area contributed by atoms with Crippen molar-refractivity contribution in [3.8, 4) is 0 Å². The molecule has 1 aliphatic heterocycles. The molecule has 22 heteroatoms. The van der Waals surface area contributed by atoms with E-state index in [0.29, 0.717) is 6.54 Å². The molecule has 0 aliphatic carbocycles.